The van der Waals surface area contributed by atoms with Crippen LogP contribution < -0.4 is 5.32 Å². The zero-order valence-electron chi connectivity index (χ0n) is 8.05. The molecule has 1 N–H and O–H groups in total. The van der Waals surface area contributed by atoms with Crippen LogP contribution in [0.4, 0.5) is 0 Å². The zero-order chi connectivity index (χ0) is 9.84. The first-order chi connectivity index (χ1) is 6.15. The highest BCUT2D eigenvalue weighted by Gasteiger charge is 2.30. The number of halogens is 1. The van der Waals surface area contributed by atoms with E-state index in [1.165, 1.54) is 0 Å². The van der Waals surface area contributed by atoms with Crippen LogP contribution in [-0.4, -0.2) is 30.0 Å². The molecule has 3 nitrogen and oxygen atoms in total. The molecular formula is C9H16BrNO2. The van der Waals surface area contributed by atoms with Gasteiger partial charge in [0.1, 0.15) is 0 Å². The van der Waals surface area contributed by atoms with Crippen LogP contribution in [0.25, 0.3) is 0 Å². The van der Waals surface area contributed by atoms with Crippen molar-refractivity contribution in [3.05, 3.63) is 0 Å². The largest absolute Gasteiger partial charge is 0.378 e. The predicted molar refractivity (Wildman–Crippen MR) is 54.9 cm³/mol. The Morgan fingerprint density at radius 2 is 2.46 bits per heavy atom. The van der Waals surface area contributed by atoms with Crippen molar-refractivity contribution in [3.8, 4) is 0 Å². The van der Waals surface area contributed by atoms with Crippen molar-refractivity contribution in [2.24, 2.45) is 5.92 Å². The monoisotopic (exact) mass is 249 g/mol. The maximum atomic E-state index is 11.6. The fraction of sp³-hybridized carbons (Fsp3) is 0.889. The molecule has 0 radical (unpaired) electrons. The van der Waals surface area contributed by atoms with E-state index in [1.54, 1.807) is 0 Å². The molecule has 1 amide bonds. The lowest BCUT2D eigenvalue weighted by atomic mass is 10.0. The Bertz CT molecular complexity index is 186. The van der Waals surface area contributed by atoms with Crippen LogP contribution in [0.3, 0.4) is 0 Å². The van der Waals surface area contributed by atoms with Gasteiger partial charge in [0, 0.05) is 18.0 Å². The summed E-state index contributed by atoms with van der Waals surface area (Å²) in [5.41, 5.74) is 0. The Labute approximate surface area is 87.3 Å². The molecule has 0 spiro atoms. The molecule has 4 heteroatoms. The van der Waals surface area contributed by atoms with Crippen LogP contribution in [0.15, 0.2) is 0 Å². The molecule has 1 aliphatic rings. The fourth-order valence-corrected chi connectivity index (χ4v) is 1.63. The molecule has 0 aromatic heterocycles. The maximum absolute atomic E-state index is 11.6. The minimum Gasteiger partial charge on any atom is -0.378 e. The Balaban J connectivity index is 2.38. The van der Waals surface area contributed by atoms with Crippen LogP contribution in [0, 0.1) is 5.92 Å². The number of hydrogen-bond donors (Lipinski definition) is 1. The lowest BCUT2D eigenvalue weighted by Gasteiger charge is -2.17. The second kappa shape index (κ2) is 4.96. The Hall–Kier alpha value is -0.0900. The first-order valence-corrected chi connectivity index (χ1v) is 5.75. The standard InChI is InChI=1S/C9H16BrNO2/c1-6(5-10)11-9(12)8-3-4-13-7(8)2/h6-8H,3-5H2,1-2H3,(H,11,12). The van der Waals surface area contributed by atoms with Crippen LogP contribution >= 0.6 is 15.9 Å². The number of ether oxygens (including phenoxy) is 1. The van der Waals surface area contributed by atoms with E-state index in [1.807, 2.05) is 13.8 Å². The molecular weight excluding hydrogens is 234 g/mol. The second-order valence-electron chi connectivity index (χ2n) is 3.54. The van der Waals surface area contributed by atoms with Crippen molar-refractivity contribution in [1.82, 2.24) is 5.32 Å². The van der Waals surface area contributed by atoms with E-state index in [9.17, 15) is 4.79 Å². The number of hydrogen-bond acceptors (Lipinski definition) is 2. The summed E-state index contributed by atoms with van der Waals surface area (Å²) in [6.45, 7) is 4.64. The molecule has 1 saturated heterocycles. The van der Waals surface area contributed by atoms with Gasteiger partial charge in [-0.25, -0.2) is 0 Å². The second-order valence-corrected chi connectivity index (χ2v) is 4.18. The van der Waals surface area contributed by atoms with Crippen LogP contribution in [0.2, 0.25) is 0 Å². The molecule has 1 heterocycles. The normalized spacial score (nSPS) is 30.1. The summed E-state index contributed by atoms with van der Waals surface area (Å²) in [4.78, 5) is 11.6. The van der Waals surface area contributed by atoms with Crippen molar-refractivity contribution in [2.45, 2.75) is 32.4 Å². The van der Waals surface area contributed by atoms with Crippen LogP contribution in [0.5, 0.6) is 0 Å². The molecule has 1 aliphatic heterocycles. The first kappa shape index (κ1) is 11.0. The molecule has 76 valence electrons. The minimum atomic E-state index is 0.0431. The molecule has 0 aliphatic carbocycles. The molecule has 0 bridgehead atoms. The van der Waals surface area contributed by atoms with Crippen LogP contribution in [0.1, 0.15) is 20.3 Å². The summed E-state index contributed by atoms with van der Waals surface area (Å²) in [6, 6.07) is 0.195. The molecule has 0 aromatic carbocycles. The lowest BCUT2D eigenvalue weighted by molar-refractivity contribution is -0.126. The average molecular weight is 250 g/mol. The maximum Gasteiger partial charge on any atom is 0.226 e. The predicted octanol–water partition coefficient (Wildman–Crippen LogP) is 1.31. The molecule has 3 unspecified atom stereocenters. The lowest BCUT2D eigenvalue weighted by Crippen LogP contribution is -2.40. The van der Waals surface area contributed by atoms with E-state index in [0.717, 1.165) is 11.8 Å². The van der Waals surface area contributed by atoms with Gasteiger partial charge in [0.05, 0.1) is 12.0 Å². The van der Waals surface area contributed by atoms with Gasteiger partial charge in [0.2, 0.25) is 5.91 Å². The Morgan fingerprint density at radius 1 is 1.77 bits per heavy atom. The molecule has 1 fully saturated rings. The number of carbonyl (C=O) groups is 1. The van der Waals surface area contributed by atoms with Crippen molar-refractivity contribution in [1.29, 1.82) is 0 Å². The summed E-state index contributed by atoms with van der Waals surface area (Å²) in [5.74, 6) is 0.165. The summed E-state index contributed by atoms with van der Waals surface area (Å²) in [6.07, 6.45) is 0.921. The number of carbonyl (C=O) groups excluding carboxylic acids is 1. The number of amides is 1. The highest BCUT2D eigenvalue weighted by molar-refractivity contribution is 9.09. The topological polar surface area (TPSA) is 38.3 Å². The van der Waals surface area contributed by atoms with E-state index in [-0.39, 0.29) is 24.0 Å². The van der Waals surface area contributed by atoms with E-state index in [2.05, 4.69) is 21.2 Å². The fourth-order valence-electron chi connectivity index (χ4n) is 1.46. The van der Waals surface area contributed by atoms with Gasteiger partial charge in [-0.05, 0) is 20.3 Å². The van der Waals surface area contributed by atoms with Gasteiger partial charge in [-0.1, -0.05) is 15.9 Å². The average Bonchev–Trinajstić information content (AvgIpc) is 2.51. The number of rotatable bonds is 3. The van der Waals surface area contributed by atoms with Crippen LogP contribution in [-0.2, 0) is 9.53 Å². The number of alkyl halides is 1. The third-order valence-electron chi connectivity index (χ3n) is 2.33. The van der Waals surface area contributed by atoms with Gasteiger partial charge < -0.3 is 10.1 Å². The third-order valence-corrected chi connectivity index (χ3v) is 3.30. The molecule has 3 atom stereocenters. The summed E-state index contributed by atoms with van der Waals surface area (Å²) in [7, 11) is 0. The SMILES string of the molecule is CC(CBr)NC(=O)C1CCOC1C. The van der Waals surface area contributed by atoms with Gasteiger partial charge in [-0.3, -0.25) is 4.79 Å². The Kier molecular flexibility index (Phi) is 4.19. The van der Waals surface area contributed by atoms with Crippen molar-refractivity contribution >= 4 is 21.8 Å². The minimum absolute atomic E-state index is 0.0431. The quantitative estimate of drug-likeness (QED) is 0.767. The van der Waals surface area contributed by atoms with Gasteiger partial charge in [-0.15, -0.1) is 0 Å². The summed E-state index contributed by atoms with van der Waals surface area (Å²) in [5, 5.41) is 3.73. The van der Waals surface area contributed by atoms with Crippen molar-refractivity contribution in [2.75, 3.05) is 11.9 Å². The van der Waals surface area contributed by atoms with Gasteiger partial charge in [0.25, 0.3) is 0 Å². The van der Waals surface area contributed by atoms with Gasteiger partial charge in [-0.2, -0.15) is 0 Å². The van der Waals surface area contributed by atoms with Crippen molar-refractivity contribution in [3.63, 3.8) is 0 Å². The molecule has 1 rings (SSSR count). The highest BCUT2D eigenvalue weighted by Crippen LogP contribution is 2.20. The zero-order valence-corrected chi connectivity index (χ0v) is 9.63. The van der Waals surface area contributed by atoms with Gasteiger partial charge in [0.15, 0.2) is 0 Å². The highest BCUT2D eigenvalue weighted by atomic mass is 79.9. The Morgan fingerprint density at radius 3 is 2.92 bits per heavy atom. The van der Waals surface area contributed by atoms with E-state index in [0.29, 0.717) is 6.61 Å². The molecule has 0 aromatic rings. The van der Waals surface area contributed by atoms with E-state index in [4.69, 9.17) is 4.74 Å². The molecule has 0 saturated carbocycles. The van der Waals surface area contributed by atoms with Gasteiger partial charge >= 0.3 is 0 Å². The third kappa shape index (κ3) is 2.95. The number of nitrogens with one attached hydrogen (secondary N) is 1. The summed E-state index contributed by atoms with van der Waals surface area (Å²) < 4.78 is 5.33. The summed E-state index contributed by atoms with van der Waals surface area (Å²) >= 11 is 3.32. The molecule has 13 heavy (non-hydrogen) atoms. The smallest absolute Gasteiger partial charge is 0.226 e. The first-order valence-electron chi connectivity index (χ1n) is 4.63. The van der Waals surface area contributed by atoms with E-state index >= 15 is 0 Å². The van der Waals surface area contributed by atoms with E-state index < -0.39 is 0 Å². The van der Waals surface area contributed by atoms with Crippen molar-refractivity contribution < 1.29 is 9.53 Å².